The lowest BCUT2D eigenvalue weighted by Crippen LogP contribution is -2.09. The Kier molecular flexibility index (Phi) is 5.55. The normalized spacial score (nSPS) is 29.1. The van der Waals surface area contributed by atoms with Gasteiger partial charge in [-0.05, 0) is 73.3 Å². The zero-order chi connectivity index (χ0) is 16.9. The van der Waals surface area contributed by atoms with Crippen LogP contribution in [0.25, 0.3) is 0 Å². The van der Waals surface area contributed by atoms with E-state index in [1.807, 2.05) is 0 Å². The van der Waals surface area contributed by atoms with Crippen molar-refractivity contribution in [3.8, 4) is 0 Å². The van der Waals surface area contributed by atoms with Crippen molar-refractivity contribution in [2.75, 3.05) is 0 Å². The van der Waals surface area contributed by atoms with Gasteiger partial charge in [0.1, 0.15) is 0 Å². The average Bonchev–Trinajstić information content (AvgIpc) is 3.33. The largest absolute Gasteiger partial charge is 0.0622 e. The van der Waals surface area contributed by atoms with Crippen molar-refractivity contribution in [3.05, 3.63) is 71.8 Å². The van der Waals surface area contributed by atoms with Gasteiger partial charge in [0.05, 0.1) is 0 Å². The second kappa shape index (κ2) is 8.21. The van der Waals surface area contributed by atoms with Crippen molar-refractivity contribution in [1.82, 2.24) is 0 Å². The van der Waals surface area contributed by atoms with Gasteiger partial charge in [-0.15, -0.1) is 0 Å². The van der Waals surface area contributed by atoms with E-state index in [0.717, 1.165) is 23.7 Å². The molecule has 2 aliphatic carbocycles. The molecule has 2 aromatic carbocycles. The topological polar surface area (TPSA) is 0 Å². The quantitative estimate of drug-likeness (QED) is 0.519. The number of rotatable bonds is 6. The van der Waals surface area contributed by atoms with Crippen LogP contribution >= 0.6 is 0 Å². The molecule has 2 aromatic rings. The van der Waals surface area contributed by atoms with Crippen LogP contribution in [-0.2, 0) is 0 Å². The maximum absolute atomic E-state index is 2.35. The van der Waals surface area contributed by atoms with Crippen molar-refractivity contribution in [3.63, 3.8) is 0 Å². The van der Waals surface area contributed by atoms with E-state index in [4.69, 9.17) is 0 Å². The van der Waals surface area contributed by atoms with Crippen LogP contribution in [0.3, 0.4) is 0 Å². The Morgan fingerprint density at radius 3 is 1.44 bits per heavy atom. The SMILES string of the molecule is c1ccc([C@H]2CCCC2CCCC2CCC[C@@H]2c2ccccc2)cc1. The van der Waals surface area contributed by atoms with Crippen molar-refractivity contribution in [1.29, 1.82) is 0 Å². The number of hydrogen-bond donors (Lipinski definition) is 0. The summed E-state index contributed by atoms with van der Waals surface area (Å²) in [5.74, 6) is 3.52. The molecule has 2 aliphatic rings. The smallest absolute Gasteiger partial charge is 0.0134 e. The lowest BCUT2D eigenvalue weighted by atomic mass is 9.82. The van der Waals surface area contributed by atoms with Gasteiger partial charge in [-0.3, -0.25) is 0 Å². The highest BCUT2D eigenvalue weighted by Gasteiger charge is 2.30. The third-order valence-electron chi connectivity index (χ3n) is 6.92. The summed E-state index contributed by atoms with van der Waals surface area (Å²) in [4.78, 5) is 0. The van der Waals surface area contributed by atoms with Gasteiger partial charge in [0.15, 0.2) is 0 Å². The lowest BCUT2D eigenvalue weighted by molar-refractivity contribution is 0.375. The highest BCUT2D eigenvalue weighted by Crippen LogP contribution is 2.45. The summed E-state index contributed by atoms with van der Waals surface area (Å²) in [5.41, 5.74) is 3.18. The van der Waals surface area contributed by atoms with Gasteiger partial charge in [0.25, 0.3) is 0 Å². The molecule has 2 saturated carbocycles. The van der Waals surface area contributed by atoms with Crippen LogP contribution in [0.4, 0.5) is 0 Å². The Bertz CT molecular complexity index is 572. The molecule has 0 N–H and O–H groups in total. The maximum Gasteiger partial charge on any atom is -0.0134 e. The first-order valence-electron chi connectivity index (χ1n) is 10.5. The third kappa shape index (κ3) is 4.00. The molecule has 4 rings (SSSR count). The molecular weight excluding hydrogens is 300 g/mol. The van der Waals surface area contributed by atoms with Gasteiger partial charge in [-0.1, -0.05) is 79.9 Å². The van der Waals surface area contributed by atoms with E-state index < -0.39 is 0 Å². The van der Waals surface area contributed by atoms with E-state index in [2.05, 4.69) is 60.7 Å². The zero-order valence-electron chi connectivity index (χ0n) is 15.4. The minimum atomic E-state index is 0.828. The molecule has 0 spiro atoms. The van der Waals surface area contributed by atoms with Gasteiger partial charge in [-0.25, -0.2) is 0 Å². The van der Waals surface area contributed by atoms with Gasteiger partial charge in [0, 0.05) is 0 Å². The maximum atomic E-state index is 2.35. The van der Waals surface area contributed by atoms with Crippen LogP contribution in [0.15, 0.2) is 60.7 Å². The zero-order valence-corrected chi connectivity index (χ0v) is 15.4. The van der Waals surface area contributed by atoms with Crippen molar-refractivity contribution >= 4 is 0 Å². The molecule has 132 valence electrons. The Labute approximate surface area is 153 Å². The van der Waals surface area contributed by atoms with E-state index in [-0.39, 0.29) is 0 Å². The molecule has 25 heavy (non-hydrogen) atoms. The lowest BCUT2D eigenvalue weighted by Gasteiger charge is -2.23. The van der Waals surface area contributed by atoms with Gasteiger partial charge in [0.2, 0.25) is 0 Å². The van der Waals surface area contributed by atoms with Crippen molar-refractivity contribution in [2.24, 2.45) is 11.8 Å². The van der Waals surface area contributed by atoms with Crippen LogP contribution in [-0.4, -0.2) is 0 Å². The highest BCUT2D eigenvalue weighted by molar-refractivity contribution is 5.22. The molecule has 0 heterocycles. The summed E-state index contributed by atoms with van der Waals surface area (Å²) in [6, 6.07) is 22.6. The molecule has 0 aromatic heterocycles. The molecular formula is C25H32. The van der Waals surface area contributed by atoms with Crippen LogP contribution in [0.1, 0.15) is 80.8 Å². The molecule has 0 saturated heterocycles. The third-order valence-corrected chi connectivity index (χ3v) is 6.92. The van der Waals surface area contributed by atoms with Crippen molar-refractivity contribution in [2.45, 2.75) is 69.6 Å². The van der Waals surface area contributed by atoms with Gasteiger partial charge >= 0.3 is 0 Å². The Morgan fingerprint density at radius 1 is 0.560 bits per heavy atom. The molecule has 0 amide bonds. The predicted octanol–water partition coefficient (Wildman–Crippen LogP) is 7.32. The molecule has 0 bridgehead atoms. The fourth-order valence-electron chi connectivity index (χ4n) is 5.69. The van der Waals surface area contributed by atoms with Crippen LogP contribution < -0.4 is 0 Å². The average molecular weight is 333 g/mol. The standard InChI is InChI=1S/C25H32/c1-3-10-20(11-4-1)24-18-8-16-22(24)14-7-15-23-17-9-19-25(23)21-12-5-2-6-13-21/h1-6,10-13,22-25H,7-9,14-19H2/t22?,23?,24-,25-/m1/s1. The van der Waals surface area contributed by atoms with E-state index in [9.17, 15) is 0 Å². The minimum absolute atomic E-state index is 0.828. The van der Waals surface area contributed by atoms with Crippen molar-refractivity contribution < 1.29 is 0 Å². The summed E-state index contributed by atoms with van der Waals surface area (Å²) in [7, 11) is 0. The van der Waals surface area contributed by atoms with E-state index >= 15 is 0 Å². The first-order chi connectivity index (χ1) is 12.4. The molecule has 0 aliphatic heterocycles. The molecule has 2 unspecified atom stereocenters. The molecule has 0 radical (unpaired) electrons. The minimum Gasteiger partial charge on any atom is -0.0622 e. The fraction of sp³-hybridized carbons (Fsp3) is 0.520. The first kappa shape index (κ1) is 16.9. The summed E-state index contributed by atoms with van der Waals surface area (Å²) in [6.45, 7) is 0. The monoisotopic (exact) mass is 332 g/mol. The van der Waals surface area contributed by atoms with Gasteiger partial charge < -0.3 is 0 Å². The molecule has 0 nitrogen and oxygen atoms in total. The van der Waals surface area contributed by atoms with Crippen LogP contribution in [0.2, 0.25) is 0 Å². The summed E-state index contributed by atoms with van der Waals surface area (Å²) < 4.78 is 0. The predicted molar refractivity (Wildman–Crippen MR) is 107 cm³/mol. The molecule has 0 heteroatoms. The van der Waals surface area contributed by atoms with E-state index in [0.29, 0.717) is 0 Å². The second-order valence-corrected chi connectivity index (χ2v) is 8.35. The van der Waals surface area contributed by atoms with E-state index in [1.54, 1.807) is 11.1 Å². The second-order valence-electron chi connectivity index (χ2n) is 8.35. The van der Waals surface area contributed by atoms with Crippen LogP contribution in [0.5, 0.6) is 0 Å². The summed E-state index contributed by atoms with van der Waals surface area (Å²) >= 11 is 0. The number of benzene rings is 2. The number of hydrogen-bond acceptors (Lipinski definition) is 0. The molecule has 4 atom stereocenters. The highest BCUT2D eigenvalue weighted by atomic mass is 14.4. The van der Waals surface area contributed by atoms with E-state index in [1.165, 1.54) is 57.8 Å². The van der Waals surface area contributed by atoms with Crippen LogP contribution in [0, 0.1) is 11.8 Å². The Balaban J connectivity index is 1.31. The first-order valence-corrected chi connectivity index (χ1v) is 10.5. The summed E-state index contributed by atoms with van der Waals surface area (Å²) in [5, 5.41) is 0. The Morgan fingerprint density at radius 2 is 1.00 bits per heavy atom. The summed E-state index contributed by atoms with van der Waals surface area (Å²) in [6.07, 6.45) is 12.9. The Hall–Kier alpha value is -1.56. The molecule has 2 fully saturated rings. The van der Waals surface area contributed by atoms with Gasteiger partial charge in [-0.2, -0.15) is 0 Å². The fourth-order valence-corrected chi connectivity index (χ4v) is 5.69.